The van der Waals surface area contributed by atoms with E-state index >= 15 is 0 Å². The fourth-order valence-corrected chi connectivity index (χ4v) is 3.62. The molecule has 2 heterocycles. The molecule has 0 saturated carbocycles. The summed E-state index contributed by atoms with van der Waals surface area (Å²) in [7, 11) is 1.58. The molecule has 1 amide bonds. The van der Waals surface area contributed by atoms with E-state index in [0.717, 1.165) is 11.3 Å². The zero-order valence-electron chi connectivity index (χ0n) is 13.1. The first-order chi connectivity index (χ1) is 12.0. The predicted octanol–water partition coefficient (Wildman–Crippen LogP) is 4.10. The summed E-state index contributed by atoms with van der Waals surface area (Å²) in [6.45, 7) is -0.152. The van der Waals surface area contributed by atoms with Crippen molar-refractivity contribution in [2.24, 2.45) is 0 Å². The van der Waals surface area contributed by atoms with Crippen LogP contribution >= 0.6 is 22.9 Å². The van der Waals surface area contributed by atoms with Crippen molar-refractivity contribution in [1.82, 2.24) is 4.90 Å². The molecule has 3 aromatic rings. The number of carbonyl (C=O) groups excluding carboxylic acids is 2. The van der Waals surface area contributed by atoms with E-state index in [-0.39, 0.29) is 22.4 Å². The van der Waals surface area contributed by atoms with Crippen LogP contribution < -0.4 is 0 Å². The quantitative estimate of drug-likeness (QED) is 0.624. The van der Waals surface area contributed by atoms with Gasteiger partial charge in [-0.25, -0.2) is 9.18 Å². The first-order valence-electron chi connectivity index (χ1n) is 7.26. The zero-order valence-corrected chi connectivity index (χ0v) is 14.7. The van der Waals surface area contributed by atoms with Crippen LogP contribution in [0.25, 0.3) is 10.1 Å². The summed E-state index contributed by atoms with van der Waals surface area (Å²) in [5.41, 5.74) is 0. The summed E-state index contributed by atoms with van der Waals surface area (Å²) in [4.78, 5) is 25.7. The summed E-state index contributed by atoms with van der Waals surface area (Å²) in [6, 6.07) is 7.53. The van der Waals surface area contributed by atoms with E-state index in [1.807, 2.05) is 0 Å². The number of halogens is 2. The Morgan fingerprint density at radius 2 is 2.16 bits per heavy atom. The number of hydrogen-bond donors (Lipinski definition) is 0. The molecule has 0 unspecified atom stereocenters. The number of esters is 1. The highest BCUT2D eigenvalue weighted by Gasteiger charge is 2.21. The summed E-state index contributed by atoms with van der Waals surface area (Å²) in [5.74, 6) is -0.892. The molecule has 0 radical (unpaired) electrons. The average Bonchev–Trinajstić information content (AvgIpc) is 3.20. The van der Waals surface area contributed by atoms with E-state index in [1.54, 1.807) is 19.2 Å². The number of likely N-dealkylation sites (N-methyl/N-ethyl adjacent to an activating group) is 1. The Balaban J connectivity index is 1.64. The number of amides is 1. The monoisotopic (exact) mass is 381 g/mol. The average molecular weight is 382 g/mol. The third-order valence-electron chi connectivity index (χ3n) is 3.50. The van der Waals surface area contributed by atoms with Crippen molar-refractivity contribution < 1.29 is 23.1 Å². The van der Waals surface area contributed by atoms with Gasteiger partial charge in [-0.1, -0.05) is 11.6 Å². The Labute approximate surface area is 151 Å². The molecule has 1 aromatic carbocycles. The van der Waals surface area contributed by atoms with Crippen LogP contribution in [0.4, 0.5) is 4.39 Å². The maximum absolute atomic E-state index is 13.3. The van der Waals surface area contributed by atoms with E-state index in [1.165, 1.54) is 29.4 Å². The Bertz CT molecular complexity index is 922. The van der Waals surface area contributed by atoms with E-state index in [2.05, 4.69) is 0 Å². The molecule has 0 spiro atoms. The number of hydrogen-bond acceptors (Lipinski definition) is 5. The normalized spacial score (nSPS) is 10.8. The third-order valence-corrected chi connectivity index (χ3v) is 5.14. The highest BCUT2D eigenvalue weighted by Crippen LogP contribution is 2.36. The second kappa shape index (κ2) is 7.25. The van der Waals surface area contributed by atoms with Crippen molar-refractivity contribution in [3.8, 4) is 0 Å². The van der Waals surface area contributed by atoms with E-state index in [0.29, 0.717) is 15.8 Å². The lowest BCUT2D eigenvalue weighted by atomic mass is 10.2. The van der Waals surface area contributed by atoms with Crippen LogP contribution in [0.15, 0.2) is 41.0 Å². The summed E-state index contributed by atoms with van der Waals surface area (Å²) < 4.78 is 24.0. The molecule has 0 saturated heterocycles. The molecule has 0 bridgehead atoms. The first kappa shape index (κ1) is 17.4. The number of rotatable bonds is 5. The van der Waals surface area contributed by atoms with Gasteiger partial charge in [-0.05, 0) is 30.3 Å². The van der Waals surface area contributed by atoms with Crippen LogP contribution in [-0.2, 0) is 16.1 Å². The van der Waals surface area contributed by atoms with Crippen molar-refractivity contribution >= 4 is 44.9 Å². The number of fused-ring (bicyclic) bond motifs is 1. The van der Waals surface area contributed by atoms with E-state index in [9.17, 15) is 14.0 Å². The van der Waals surface area contributed by atoms with Crippen molar-refractivity contribution in [2.45, 2.75) is 6.54 Å². The molecule has 5 nitrogen and oxygen atoms in total. The molecule has 8 heteroatoms. The maximum Gasteiger partial charge on any atom is 0.350 e. The van der Waals surface area contributed by atoms with Crippen LogP contribution in [0, 0.1) is 5.82 Å². The van der Waals surface area contributed by atoms with Gasteiger partial charge in [-0.15, -0.1) is 11.3 Å². The molecule has 25 heavy (non-hydrogen) atoms. The molecule has 0 aliphatic rings. The van der Waals surface area contributed by atoms with Crippen molar-refractivity contribution in [1.29, 1.82) is 0 Å². The highest BCUT2D eigenvalue weighted by molar-refractivity contribution is 7.21. The van der Waals surface area contributed by atoms with E-state index in [4.69, 9.17) is 20.8 Å². The lowest BCUT2D eigenvalue weighted by molar-refractivity contribution is -0.133. The van der Waals surface area contributed by atoms with Gasteiger partial charge in [-0.2, -0.15) is 0 Å². The SMILES string of the molecule is CN(Cc1ccco1)C(=O)COC(=O)c1sc2cc(F)ccc2c1Cl. The number of benzene rings is 1. The molecule has 0 atom stereocenters. The smallest absolute Gasteiger partial charge is 0.350 e. The molecule has 2 aromatic heterocycles. The Kier molecular flexibility index (Phi) is 5.06. The minimum Gasteiger partial charge on any atom is -0.467 e. The second-order valence-electron chi connectivity index (χ2n) is 5.29. The second-order valence-corrected chi connectivity index (χ2v) is 6.72. The molecule has 0 N–H and O–H groups in total. The van der Waals surface area contributed by atoms with Crippen LogP contribution in [-0.4, -0.2) is 30.4 Å². The number of thiophene rings is 1. The van der Waals surface area contributed by atoms with E-state index < -0.39 is 18.4 Å². The molecule has 0 aliphatic carbocycles. The predicted molar refractivity (Wildman–Crippen MR) is 92.3 cm³/mol. The van der Waals surface area contributed by atoms with Crippen LogP contribution in [0.3, 0.4) is 0 Å². The van der Waals surface area contributed by atoms with Crippen LogP contribution in [0.1, 0.15) is 15.4 Å². The largest absolute Gasteiger partial charge is 0.467 e. The fraction of sp³-hybridized carbons (Fsp3) is 0.176. The van der Waals surface area contributed by atoms with Crippen LogP contribution in [0.5, 0.6) is 0 Å². The lowest BCUT2D eigenvalue weighted by Crippen LogP contribution is -2.30. The Morgan fingerprint density at radius 1 is 1.36 bits per heavy atom. The standard InChI is InChI=1S/C17H13ClFNO4S/c1-20(8-11-3-2-6-23-11)14(21)9-24-17(22)16-15(18)12-5-4-10(19)7-13(12)25-16/h2-7H,8-9H2,1H3. The minimum absolute atomic E-state index is 0.142. The van der Waals surface area contributed by atoms with Gasteiger partial charge in [0, 0.05) is 17.1 Å². The van der Waals surface area contributed by atoms with Crippen molar-refractivity contribution in [3.63, 3.8) is 0 Å². The van der Waals surface area contributed by atoms with Gasteiger partial charge in [0.25, 0.3) is 5.91 Å². The van der Waals surface area contributed by atoms with Gasteiger partial charge in [-0.3, -0.25) is 4.79 Å². The molecule has 3 rings (SSSR count). The number of furan rings is 1. The van der Waals surface area contributed by atoms with Crippen LogP contribution in [0.2, 0.25) is 5.02 Å². The van der Waals surface area contributed by atoms with Gasteiger partial charge in [0.2, 0.25) is 0 Å². The van der Waals surface area contributed by atoms with Crippen molar-refractivity contribution in [2.75, 3.05) is 13.7 Å². The number of ether oxygens (including phenoxy) is 1. The Hall–Kier alpha value is -2.38. The molecule has 0 fully saturated rings. The molecule has 0 aliphatic heterocycles. The van der Waals surface area contributed by atoms with Gasteiger partial charge < -0.3 is 14.1 Å². The van der Waals surface area contributed by atoms with Gasteiger partial charge in [0.05, 0.1) is 17.8 Å². The Morgan fingerprint density at radius 3 is 2.88 bits per heavy atom. The van der Waals surface area contributed by atoms with Gasteiger partial charge >= 0.3 is 5.97 Å². The van der Waals surface area contributed by atoms with Crippen molar-refractivity contribution in [3.05, 3.63) is 58.1 Å². The minimum atomic E-state index is -0.716. The molecule has 130 valence electrons. The molecular formula is C17H13ClFNO4S. The fourth-order valence-electron chi connectivity index (χ4n) is 2.20. The first-order valence-corrected chi connectivity index (χ1v) is 8.46. The van der Waals surface area contributed by atoms with Gasteiger partial charge in [0.1, 0.15) is 16.5 Å². The number of nitrogens with zero attached hydrogens (tertiary/aromatic N) is 1. The lowest BCUT2D eigenvalue weighted by Gasteiger charge is -2.15. The number of carbonyl (C=O) groups is 2. The highest BCUT2D eigenvalue weighted by atomic mass is 35.5. The summed E-state index contributed by atoms with van der Waals surface area (Å²) >= 11 is 7.18. The zero-order chi connectivity index (χ0) is 18.0. The maximum atomic E-state index is 13.3. The summed E-state index contributed by atoms with van der Waals surface area (Å²) in [5, 5.41) is 0.766. The summed E-state index contributed by atoms with van der Waals surface area (Å²) in [6.07, 6.45) is 1.51. The van der Waals surface area contributed by atoms with Gasteiger partial charge in [0.15, 0.2) is 6.61 Å². The molecular weight excluding hydrogens is 369 g/mol. The topological polar surface area (TPSA) is 59.8 Å². The third kappa shape index (κ3) is 3.83.